The molecule has 4 aromatic heterocycles. The second kappa shape index (κ2) is 16.3. The highest BCUT2D eigenvalue weighted by Crippen LogP contribution is 2.40. The van der Waals surface area contributed by atoms with Gasteiger partial charge < -0.3 is 20.4 Å². The van der Waals surface area contributed by atoms with Crippen molar-refractivity contribution in [2.45, 2.75) is 69.1 Å². The number of anilines is 4. The smallest absolute Gasteiger partial charge is 0.329 e. The Labute approximate surface area is 378 Å². The monoisotopic (exact) mass is 899 g/mol. The van der Waals surface area contributed by atoms with E-state index in [-0.39, 0.29) is 42.9 Å². The molecule has 2 atom stereocenters. The van der Waals surface area contributed by atoms with Crippen molar-refractivity contribution in [3.05, 3.63) is 94.3 Å². The summed E-state index contributed by atoms with van der Waals surface area (Å²) in [5, 5.41) is 13.5. The molecule has 0 bridgehead atoms. The lowest BCUT2D eigenvalue weighted by Gasteiger charge is -2.46. The van der Waals surface area contributed by atoms with E-state index in [1.54, 1.807) is 24.0 Å². The lowest BCUT2D eigenvalue weighted by molar-refractivity contribution is -0.135. The Morgan fingerprint density at radius 3 is 2.47 bits per heavy atom. The number of aromatic nitrogens is 6. The topological polar surface area (TPSA) is 170 Å². The van der Waals surface area contributed by atoms with E-state index in [1.807, 2.05) is 59.3 Å². The molecule has 2 aromatic carbocycles. The number of pyridine rings is 1. The number of piperidine rings is 2. The summed E-state index contributed by atoms with van der Waals surface area (Å²) in [5.41, 5.74) is 8.39. The van der Waals surface area contributed by atoms with Crippen molar-refractivity contribution in [1.29, 1.82) is 0 Å². The molecule has 2 unspecified atom stereocenters. The Bertz CT molecular complexity index is 2970. The van der Waals surface area contributed by atoms with Crippen molar-refractivity contribution in [2.75, 3.05) is 68.0 Å². The van der Waals surface area contributed by atoms with E-state index in [0.717, 1.165) is 58.7 Å². The molecule has 0 radical (unpaired) electrons. The van der Waals surface area contributed by atoms with Gasteiger partial charge in [-0.3, -0.25) is 43.6 Å². The number of amides is 3. The summed E-state index contributed by atoms with van der Waals surface area (Å²) in [6.45, 7) is 3.34. The van der Waals surface area contributed by atoms with Crippen LogP contribution in [-0.2, 0) is 29.6 Å². The number of carbonyl (C=O) groups excluding carboxylic acids is 3. The second-order valence-electron chi connectivity index (χ2n) is 18.2. The highest BCUT2D eigenvalue weighted by atomic mass is 19.3. The SMILES string of the molecule is CNc1cc(N2CCc3c(-c4ccc(CN5CCC(N6CCN(c7ccc8c(c7)n(C)c(=O)n8C7CCC(=O)NC7=O)CC6)C(F)(F)C5)cn4)cccc32)nn2c(C(=O)NC3CC3)cnc12. The molecular weight excluding hydrogens is 849 g/mol. The fourth-order valence-corrected chi connectivity index (χ4v) is 10.4. The largest absolute Gasteiger partial charge is 0.385 e. The van der Waals surface area contributed by atoms with Crippen LogP contribution in [0.4, 0.5) is 31.7 Å². The van der Waals surface area contributed by atoms with E-state index in [2.05, 4.69) is 42.9 Å². The summed E-state index contributed by atoms with van der Waals surface area (Å²) >= 11 is 0. The third kappa shape index (κ3) is 7.43. The summed E-state index contributed by atoms with van der Waals surface area (Å²) in [7, 11) is 3.49. The zero-order valence-electron chi connectivity index (χ0n) is 36.8. The fraction of sp³-hybridized carbons (Fsp3) is 0.426. The highest BCUT2D eigenvalue weighted by molar-refractivity contribution is 6.00. The predicted molar refractivity (Wildman–Crippen MR) is 244 cm³/mol. The molecule has 0 spiro atoms. The quantitative estimate of drug-likeness (QED) is 0.169. The Hall–Kier alpha value is -6.73. The molecule has 4 aliphatic heterocycles. The van der Waals surface area contributed by atoms with Crippen molar-refractivity contribution in [1.82, 2.24) is 49.1 Å². The van der Waals surface area contributed by atoms with Crippen LogP contribution in [0.2, 0.25) is 0 Å². The van der Waals surface area contributed by atoms with Crippen LogP contribution >= 0.6 is 0 Å². The molecule has 1 aliphatic carbocycles. The van der Waals surface area contributed by atoms with Crippen LogP contribution in [-0.4, -0.2) is 127 Å². The minimum atomic E-state index is -2.91. The first-order chi connectivity index (χ1) is 31.9. The average Bonchev–Trinajstić information content (AvgIpc) is 3.74. The van der Waals surface area contributed by atoms with Gasteiger partial charge in [-0.15, -0.1) is 5.10 Å². The lowest BCUT2D eigenvalue weighted by atomic mass is 9.97. The van der Waals surface area contributed by atoms with Crippen molar-refractivity contribution >= 4 is 57.3 Å². The average molecular weight is 900 g/mol. The molecule has 3 N–H and O–H groups in total. The summed E-state index contributed by atoms with van der Waals surface area (Å²) < 4.78 is 36.7. The first-order valence-electron chi connectivity index (χ1n) is 22.8. The number of halogens is 2. The van der Waals surface area contributed by atoms with Gasteiger partial charge in [0.2, 0.25) is 11.8 Å². The van der Waals surface area contributed by atoms with Crippen molar-refractivity contribution in [3.8, 4) is 11.3 Å². The van der Waals surface area contributed by atoms with Crippen molar-refractivity contribution in [3.63, 3.8) is 0 Å². The fourth-order valence-electron chi connectivity index (χ4n) is 10.4. The van der Waals surface area contributed by atoms with Gasteiger partial charge in [0, 0.05) is 102 Å². The minimum Gasteiger partial charge on any atom is -0.385 e. The van der Waals surface area contributed by atoms with Gasteiger partial charge in [-0.1, -0.05) is 18.2 Å². The van der Waals surface area contributed by atoms with E-state index in [0.29, 0.717) is 80.4 Å². The molecule has 3 amide bonds. The van der Waals surface area contributed by atoms with Crippen LogP contribution < -0.4 is 31.4 Å². The van der Waals surface area contributed by atoms with Crippen molar-refractivity contribution < 1.29 is 23.2 Å². The third-order valence-electron chi connectivity index (χ3n) is 14.0. The van der Waals surface area contributed by atoms with Gasteiger partial charge in [-0.05, 0) is 73.6 Å². The molecule has 5 aliphatic rings. The molecule has 1 saturated carbocycles. The maximum atomic E-state index is 16.0. The van der Waals surface area contributed by atoms with Crippen LogP contribution in [0, 0.1) is 0 Å². The number of nitrogens with one attached hydrogen (secondary N) is 3. The van der Waals surface area contributed by atoms with Gasteiger partial charge in [-0.2, -0.15) is 0 Å². The molecule has 6 aromatic rings. The minimum absolute atomic E-state index is 0.166. The lowest BCUT2D eigenvalue weighted by Crippen LogP contribution is -2.61. The first-order valence-corrected chi connectivity index (χ1v) is 22.8. The number of carbonyl (C=O) groups is 3. The summed E-state index contributed by atoms with van der Waals surface area (Å²) in [5.74, 6) is -3.22. The Balaban J connectivity index is 0.725. The predicted octanol–water partition coefficient (Wildman–Crippen LogP) is 4.08. The second-order valence-corrected chi connectivity index (χ2v) is 18.2. The molecule has 19 heteroatoms. The molecule has 66 heavy (non-hydrogen) atoms. The van der Waals surface area contributed by atoms with E-state index in [4.69, 9.17) is 10.1 Å². The molecule has 342 valence electrons. The third-order valence-corrected chi connectivity index (χ3v) is 14.0. The summed E-state index contributed by atoms with van der Waals surface area (Å²) in [6, 6.07) is 16.3. The molecular formula is C47H51F2N13O4. The molecule has 3 saturated heterocycles. The number of piperazine rings is 1. The van der Waals surface area contributed by atoms with Gasteiger partial charge in [0.15, 0.2) is 17.2 Å². The zero-order valence-corrected chi connectivity index (χ0v) is 36.8. The van der Waals surface area contributed by atoms with Crippen LogP contribution in [0.1, 0.15) is 59.8 Å². The number of fused-ring (bicyclic) bond motifs is 3. The number of imidazole rings is 2. The number of rotatable bonds is 10. The van der Waals surface area contributed by atoms with Gasteiger partial charge in [0.25, 0.3) is 11.8 Å². The Morgan fingerprint density at radius 1 is 0.894 bits per heavy atom. The van der Waals surface area contributed by atoms with E-state index in [1.165, 1.54) is 9.13 Å². The van der Waals surface area contributed by atoms with E-state index >= 15 is 8.78 Å². The number of imide groups is 1. The maximum Gasteiger partial charge on any atom is 0.329 e. The normalized spacial score (nSPS) is 21.4. The highest BCUT2D eigenvalue weighted by Gasteiger charge is 2.48. The summed E-state index contributed by atoms with van der Waals surface area (Å²) in [4.78, 5) is 68.1. The number of hydrogen-bond donors (Lipinski definition) is 3. The van der Waals surface area contributed by atoms with Gasteiger partial charge in [0.05, 0.1) is 41.2 Å². The standard InChI is InChI=1S/C47H51F2N13O4/c1-50-34-23-41(55-62-39(25-52-43(34)62)45(65)53-29-7-8-29)60-17-14-32-31(4-3-5-35(32)60)33-10-6-28(24-51-33)26-57-16-15-40(47(48,49)27-57)59-20-18-58(19-21-59)30-9-11-36-38(22-30)56(2)46(66)61(36)37-12-13-42(63)54-44(37)64/h3-6,9-11,22-25,29,37,40,50H,7-8,12-21,26-27H2,1-2H3,(H,53,65)(H,54,63,64). The molecule has 4 fully saturated rings. The van der Waals surface area contributed by atoms with Gasteiger partial charge >= 0.3 is 5.69 Å². The Morgan fingerprint density at radius 2 is 1.73 bits per heavy atom. The zero-order chi connectivity index (χ0) is 45.4. The molecule has 11 rings (SSSR count). The number of aryl methyl sites for hydroxylation is 1. The maximum absolute atomic E-state index is 16.0. The molecule has 8 heterocycles. The summed E-state index contributed by atoms with van der Waals surface area (Å²) in [6.07, 6.45) is 6.87. The van der Waals surface area contributed by atoms with Crippen LogP contribution in [0.3, 0.4) is 0 Å². The van der Waals surface area contributed by atoms with Gasteiger partial charge in [0.1, 0.15) is 6.04 Å². The van der Waals surface area contributed by atoms with Gasteiger partial charge in [-0.25, -0.2) is 23.1 Å². The number of likely N-dealkylation sites (tertiary alicyclic amines) is 1. The van der Waals surface area contributed by atoms with E-state index < -0.39 is 23.9 Å². The van der Waals surface area contributed by atoms with Crippen LogP contribution in [0.25, 0.3) is 27.9 Å². The van der Waals surface area contributed by atoms with Crippen LogP contribution in [0.5, 0.6) is 0 Å². The molecule has 17 nitrogen and oxygen atoms in total. The van der Waals surface area contributed by atoms with Crippen molar-refractivity contribution in [2.24, 2.45) is 7.05 Å². The van der Waals surface area contributed by atoms with E-state index in [9.17, 15) is 19.2 Å². The Kier molecular flexibility index (Phi) is 10.4. The number of benzene rings is 2. The number of hydrogen-bond acceptors (Lipinski definition) is 12. The first kappa shape index (κ1) is 41.9. The number of alkyl halides is 2. The van der Waals surface area contributed by atoms with Crippen LogP contribution in [0.15, 0.2) is 71.8 Å². The number of nitrogens with zero attached hydrogens (tertiary/aromatic N) is 10.